The van der Waals surface area contributed by atoms with E-state index in [1.54, 1.807) is 29.5 Å². The van der Waals surface area contributed by atoms with Gasteiger partial charge in [0.15, 0.2) is 5.78 Å². The summed E-state index contributed by atoms with van der Waals surface area (Å²) in [5, 5.41) is 12.8. The zero-order chi connectivity index (χ0) is 16.2. The number of thiophene rings is 1. The summed E-state index contributed by atoms with van der Waals surface area (Å²) >= 11 is 1.61. The van der Waals surface area contributed by atoms with Gasteiger partial charge in [-0.15, -0.1) is 11.3 Å². The summed E-state index contributed by atoms with van der Waals surface area (Å²) in [6.45, 7) is 0. The number of ketones is 1. The predicted molar refractivity (Wildman–Crippen MR) is 92.2 cm³/mol. The van der Waals surface area contributed by atoms with Crippen molar-refractivity contribution in [1.82, 2.24) is 0 Å². The highest BCUT2D eigenvalue weighted by Crippen LogP contribution is 2.29. The lowest BCUT2D eigenvalue weighted by atomic mass is 9.87. The number of nitrogens with zero attached hydrogens (tertiary/aromatic N) is 1. The van der Waals surface area contributed by atoms with Gasteiger partial charge in [0.25, 0.3) is 5.69 Å². The Hall–Kier alpha value is -2.53. The molecule has 0 N–H and O–H groups in total. The zero-order valence-corrected chi connectivity index (χ0v) is 13.2. The highest BCUT2D eigenvalue weighted by Gasteiger charge is 2.20. The van der Waals surface area contributed by atoms with E-state index in [0.29, 0.717) is 12.0 Å². The van der Waals surface area contributed by atoms with Gasteiger partial charge in [-0.1, -0.05) is 18.2 Å². The van der Waals surface area contributed by atoms with E-state index in [0.717, 1.165) is 28.9 Å². The van der Waals surface area contributed by atoms with Crippen LogP contribution in [0.3, 0.4) is 0 Å². The highest BCUT2D eigenvalue weighted by molar-refractivity contribution is 7.10. The van der Waals surface area contributed by atoms with Crippen LogP contribution < -0.4 is 0 Å². The van der Waals surface area contributed by atoms with Gasteiger partial charge in [-0.25, -0.2) is 0 Å². The zero-order valence-electron chi connectivity index (χ0n) is 12.4. The molecular formula is C18H15NO3S. The molecule has 1 aliphatic rings. The van der Waals surface area contributed by atoms with E-state index in [4.69, 9.17) is 0 Å². The van der Waals surface area contributed by atoms with Crippen LogP contribution in [0.15, 0.2) is 52.9 Å². The Morgan fingerprint density at radius 1 is 1.09 bits per heavy atom. The fraction of sp³-hybridized carbons (Fsp3) is 0.167. The minimum absolute atomic E-state index is 0.0389. The van der Waals surface area contributed by atoms with Crippen molar-refractivity contribution in [3.8, 4) is 0 Å². The molecular weight excluding hydrogens is 310 g/mol. The van der Waals surface area contributed by atoms with Crippen molar-refractivity contribution >= 4 is 35.0 Å². The maximum Gasteiger partial charge on any atom is 0.270 e. The van der Waals surface area contributed by atoms with E-state index in [9.17, 15) is 14.9 Å². The van der Waals surface area contributed by atoms with E-state index < -0.39 is 4.92 Å². The van der Waals surface area contributed by atoms with Crippen molar-refractivity contribution in [2.75, 3.05) is 0 Å². The van der Waals surface area contributed by atoms with E-state index in [2.05, 4.69) is 0 Å². The van der Waals surface area contributed by atoms with Crippen LogP contribution in [0.2, 0.25) is 0 Å². The van der Waals surface area contributed by atoms with Crippen LogP contribution in [0.25, 0.3) is 12.2 Å². The maximum atomic E-state index is 12.6. The molecule has 4 nitrogen and oxygen atoms in total. The van der Waals surface area contributed by atoms with Gasteiger partial charge >= 0.3 is 0 Å². The molecule has 0 spiro atoms. The van der Waals surface area contributed by atoms with Crippen LogP contribution in [0, 0.1) is 10.1 Å². The van der Waals surface area contributed by atoms with Gasteiger partial charge in [0, 0.05) is 28.2 Å². The molecule has 0 bridgehead atoms. The number of rotatable bonds is 3. The van der Waals surface area contributed by atoms with Gasteiger partial charge in [-0.2, -0.15) is 0 Å². The minimum atomic E-state index is -0.424. The normalized spacial score (nSPS) is 18.5. The van der Waals surface area contributed by atoms with Crippen molar-refractivity contribution in [3.05, 3.63) is 73.5 Å². The summed E-state index contributed by atoms with van der Waals surface area (Å²) in [5.41, 5.74) is 2.27. The smallest absolute Gasteiger partial charge is 0.270 e. The van der Waals surface area contributed by atoms with Crippen molar-refractivity contribution in [1.29, 1.82) is 0 Å². The number of hydrogen-bond acceptors (Lipinski definition) is 4. The first-order valence-electron chi connectivity index (χ1n) is 7.37. The van der Waals surface area contributed by atoms with Gasteiger partial charge in [0.1, 0.15) is 0 Å². The average molecular weight is 325 g/mol. The van der Waals surface area contributed by atoms with Crippen LogP contribution in [0.4, 0.5) is 5.69 Å². The van der Waals surface area contributed by atoms with Crippen LogP contribution in [0.5, 0.6) is 0 Å². The molecule has 2 aromatic rings. The summed E-state index contributed by atoms with van der Waals surface area (Å²) in [5.74, 6) is 0.0520. The Balaban J connectivity index is 1.89. The molecule has 0 saturated heterocycles. The Labute approximate surface area is 137 Å². The summed E-state index contributed by atoms with van der Waals surface area (Å²) in [7, 11) is 0. The van der Waals surface area contributed by atoms with Gasteiger partial charge < -0.3 is 0 Å². The molecule has 23 heavy (non-hydrogen) atoms. The number of allylic oxidation sites excluding steroid dienone is 2. The number of non-ortho nitro benzene ring substituents is 1. The molecule has 5 heteroatoms. The van der Waals surface area contributed by atoms with E-state index >= 15 is 0 Å². The van der Waals surface area contributed by atoms with Gasteiger partial charge in [0.05, 0.1) is 4.92 Å². The lowest BCUT2D eigenvalue weighted by Crippen LogP contribution is -2.12. The molecule has 0 unspecified atom stereocenters. The molecule has 1 aromatic carbocycles. The Kier molecular flexibility index (Phi) is 4.48. The SMILES string of the molecule is O=C1/C(=C\c2cccs2)CCC/C1=C\c1cccc([N+](=O)[O-])c1. The van der Waals surface area contributed by atoms with Crippen molar-refractivity contribution in [2.24, 2.45) is 0 Å². The lowest BCUT2D eigenvalue weighted by molar-refractivity contribution is -0.384. The number of nitro groups is 1. The third-order valence-electron chi connectivity index (χ3n) is 3.76. The Morgan fingerprint density at radius 3 is 2.57 bits per heavy atom. The third-order valence-corrected chi connectivity index (χ3v) is 4.58. The monoisotopic (exact) mass is 325 g/mol. The Morgan fingerprint density at radius 2 is 1.87 bits per heavy atom. The van der Waals surface area contributed by atoms with Crippen LogP contribution in [0.1, 0.15) is 29.7 Å². The van der Waals surface area contributed by atoms with Gasteiger partial charge in [-0.05, 0) is 48.4 Å². The quantitative estimate of drug-likeness (QED) is 0.459. The predicted octanol–water partition coefficient (Wildman–Crippen LogP) is 4.88. The summed E-state index contributed by atoms with van der Waals surface area (Å²) < 4.78 is 0. The van der Waals surface area contributed by atoms with E-state index in [1.165, 1.54) is 12.1 Å². The molecule has 1 aliphatic carbocycles. The number of benzene rings is 1. The number of nitro benzene ring substituents is 1. The second-order valence-electron chi connectivity index (χ2n) is 5.39. The molecule has 0 atom stereocenters. The second kappa shape index (κ2) is 6.71. The first kappa shape index (κ1) is 15.4. The molecule has 0 amide bonds. The largest absolute Gasteiger partial charge is 0.289 e. The van der Waals surface area contributed by atoms with Crippen LogP contribution >= 0.6 is 11.3 Å². The summed E-state index contributed by atoms with van der Waals surface area (Å²) in [6, 6.07) is 10.3. The molecule has 1 fully saturated rings. The highest BCUT2D eigenvalue weighted by atomic mass is 32.1. The Bertz CT molecular complexity index is 803. The molecule has 1 saturated carbocycles. The number of carbonyl (C=O) groups excluding carboxylic acids is 1. The molecule has 3 rings (SSSR count). The minimum Gasteiger partial charge on any atom is -0.289 e. The first-order chi connectivity index (χ1) is 11.1. The number of Topliss-reactive ketones (excluding diaryl/α,β-unsaturated/α-hetero) is 1. The summed E-state index contributed by atoms with van der Waals surface area (Å²) in [4.78, 5) is 24.1. The van der Waals surface area contributed by atoms with Gasteiger partial charge in [0.2, 0.25) is 0 Å². The van der Waals surface area contributed by atoms with Crippen molar-refractivity contribution in [2.45, 2.75) is 19.3 Å². The fourth-order valence-electron chi connectivity index (χ4n) is 2.65. The molecule has 1 heterocycles. The van der Waals surface area contributed by atoms with Gasteiger partial charge in [-0.3, -0.25) is 14.9 Å². The fourth-order valence-corrected chi connectivity index (χ4v) is 3.33. The van der Waals surface area contributed by atoms with Crippen LogP contribution in [-0.2, 0) is 4.79 Å². The number of hydrogen-bond donors (Lipinski definition) is 0. The van der Waals surface area contributed by atoms with Crippen molar-refractivity contribution in [3.63, 3.8) is 0 Å². The average Bonchev–Trinajstić information content (AvgIpc) is 3.04. The molecule has 0 aliphatic heterocycles. The molecule has 1 aromatic heterocycles. The topological polar surface area (TPSA) is 60.2 Å². The first-order valence-corrected chi connectivity index (χ1v) is 8.25. The van der Waals surface area contributed by atoms with E-state index in [1.807, 2.05) is 23.6 Å². The molecule has 0 radical (unpaired) electrons. The molecule has 116 valence electrons. The lowest BCUT2D eigenvalue weighted by Gasteiger charge is -2.16. The standard InChI is InChI=1S/C18H15NO3S/c20-18-14(10-13-4-1-7-16(11-13)19(21)22)5-2-6-15(18)12-17-8-3-9-23-17/h1,3-4,7-12H,2,5-6H2/b14-10+,15-12-. The number of carbonyl (C=O) groups is 1. The van der Waals surface area contributed by atoms with E-state index in [-0.39, 0.29) is 11.5 Å². The summed E-state index contributed by atoms with van der Waals surface area (Å²) in [6.07, 6.45) is 6.14. The third kappa shape index (κ3) is 3.63. The van der Waals surface area contributed by atoms with Crippen molar-refractivity contribution < 1.29 is 9.72 Å². The van der Waals surface area contributed by atoms with Crippen LogP contribution in [-0.4, -0.2) is 10.7 Å². The maximum absolute atomic E-state index is 12.6. The second-order valence-corrected chi connectivity index (χ2v) is 6.37.